The molecule has 4 rings (SSSR count). The first-order chi connectivity index (χ1) is 14.4. The van der Waals surface area contributed by atoms with Gasteiger partial charge in [0, 0.05) is 12.6 Å². The highest BCUT2D eigenvalue weighted by Crippen LogP contribution is 2.52. The standard InChI is InChI=1S/C25H32N2O3S/c1-17-8-6-9-18(2)22(17)31(29,30)14-19-10-7-11-21(26-19)23(28)27-16-25(5)13-20(27)12-24(3,4)15-25/h6-11,20H,12-16H2,1-5H3/t20-,25-/m1/s1. The maximum absolute atomic E-state index is 13.4. The molecule has 0 N–H and O–H groups in total. The second kappa shape index (κ2) is 7.44. The lowest BCUT2D eigenvalue weighted by Gasteiger charge is -2.39. The Morgan fingerprint density at radius 3 is 2.39 bits per heavy atom. The summed E-state index contributed by atoms with van der Waals surface area (Å²) in [6.45, 7) is 11.2. The number of carbonyl (C=O) groups is 1. The van der Waals surface area contributed by atoms with Crippen molar-refractivity contribution >= 4 is 15.7 Å². The highest BCUT2D eigenvalue weighted by molar-refractivity contribution is 7.90. The van der Waals surface area contributed by atoms with Crippen molar-refractivity contribution in [1.82, 2.24) is 9.88 Å². The summed E-state index contributed by atoms with van der Waals surface area (Å²) in [4.78, 5) is 20.2. The zero-order valence-corrected chi connectivity index (χ0v) is 19.9. The molecule has 1 saturated carbocycles. The largest absolute Gasteiger partial charge is 0.334 e. The van der Waals surface area contributed by atoms with E-state index in [0.717, 1.165) is 36.9 Å². The highest BCUT2D eigenvalue weighted by atomic mass is 32.2. The lowest BCUT2D eigenvalue weighted by atomic mass is 9.65. The first-order valence-corrected chi connectivity index (χ1v) is 12.6. The Morgan fingerprint density at radius 1 is 1.06 bits per heavy atom. The number of fused-ring (bicyclic) bond motifs is 2. The Labute approximate surface area is 185 Å². The van der Waals surface area contributed by atoms with Gasteiger partial charge in [-0.25, -0.2) is 13.4 Å². The van der Waals surface area contributed by atoms with Gasteiger partial charge in [-0.05, 0) is 67.2 Å². The zero-order valence-electron chi connectivity index (χ0n) is 19.1. The third kappa shape index (κ3) is 4.27. The maximum Gasteiger partial charge on any atom is 0.272 e. The van der Waals surface area contributed by atoms with E-state index in [0.29, 0.717) is 16.3 Å². The summed E-state index contributed by atoms with van der Waals surface area (Å²) in [6, 6.07) is 10.8. The van der Waals surface area contributed by atoms with E-state index in [1.54, 1.807) is 44.2 Å². The van der Waals surface area contributed by atoms with Gasteiger partial charge in [-0.2, -0.15) is 0 Å². The summed E-state index contributed by atoms with van der Waals surface area (Å²) in [6.07, 6.45) is 3.14. The molecular formula is C25H32N2O3S. The maximum atomic E-state index is 13.4. The van der Waals surface area contributed by atoms with Crippen LogP contribution in [0.1, 0.15) is 67.3 Å². The van der Waals surface area contributed by atoms with Crippen LogP contribution in [0.3, 0.4) is 0 Å². The fourth-order valence-corrected chi connectivity index (χ4v) is 7.89. The van der Waals surface area contributed by atoms with E-state index in [4.69, 9.17) is 0 Å². The van der Waals surface area contributed by atoms with E-state index in [-0.39, 0.29) is 28.5 Å². The first kappa shape index (κ1) is 22.0. The lowest BCUT2D eigenvalue weighted by Crippen LogP contribution is -2.38. The van der Waals surface area contributed by atoms with Crippen LogP contribution in [0.25, 0.3) is 0 Å². The van der Waals surface area contributed by atoms with Crippen molar-refractivity contribution in [1.29, 1.82) is 0 Å². The molecule has 2 atom stereocenters. The Balaban J connectivity index is 1.59. The van der Waals surface area contributed by atoms with Gasteiger partial charge in [0.25, 0.3) is 5.91 Å². The molecule has 1 amide bonds. The summed E-state index contributed by atoms with van der Waals surface area (Å²) in [5.74, 6) is -0.300. The minimum atomic E-state index is -3.56. The average Bonchev–Trinajstić information content (AvgIpc) is 2.89. The zero-order chi connectivity index (χ0) is 22.6. The molecule has 31 heavy (non-hydrogen) atoms. The number of nitrogens with zero attached hydrogens (tertiary/aromatic N) is 2. The third-order valence-electron chi connectivity index (χ3n) is 6.76. The summed E-state index contributed by atoms with van der Waals surface area (Å²) in [7, 11) is -3.56. The van der Waals surface area contributed by atoms with Gasteiger partial charge < -0.3 is 4.90 Å². The van der Waals surface area contributed by atoms with Gasteiger partial charge in [0.15, 0.2) is 9.84 Å². The third-order valence-corrected chi connectivity index (χ3v) is 8.70. The van der Waals surface area contributed by atoms with Gasteiger partial charge in [0.2, 0.25) is 0 Å². The minimum absolute atomic E-state index is 0.0854. The molecule has 5 nitrogen and oxygen atoms in total. The van der Waals surface area contributed by atoms with E-state index in [1.165, 1.54) is 0 Å². The molecule has 0 spiro atoms. The number of rotatable bonds is 4. The number of likely N-dealkylation sites (tertiary alicyclic amines) is 1. The Hall–Kier alpha value is -2.21. The first-order valence-electron chi connectivity index (χ1n) is 11.0. The van der Waals surface area contributed by atoms with Crippen LogP contribution < -0.4 is 0 Å². The molecule has 1 aliphatic carbocycles. The molecule has 2 aromatic rings. The van der Waals surface area contributed by atoms with Crippen molar-refractivity contribution in [2.75, 3.05) is 6.54 Å². The van der Waals surface area contributed by atoms with E-state index in [2.05, 4.69) is 25.8 Å². The molecule has 166 valence electrons. The van der Waals surface area contributed by atoms with Crippen LogP contribution in [-0.4, -0.2) is 36.8 Å². The van der Waals surface area contributed by atoms with Crippen LogP contribution in [0.5, 0.6) is 0 Å². The Bertz CT molecular complexity index is 1120. The van der Waals surface area contributed by atoms with E-state index < -0.39 is 9.84 Å². The molecule has 1 aromatic carbocycles. The summed E-state index contributed by atoms with van der Waals surface area (Å²) in [5, 5.41) is 0. The van der Waals surface area contributed by atoms with E-state index >= 15 is 0 Å². The molecule has 2 aliphatic rings. The number of hydrogen-bond acceptors (Lipinski definition) is 4. The number of amides is 1. The Kier molecular flexibility index (Phi) is 5.28. The molecule has 0 radical (unpaired) electrons. The van der Waals surface area contributed by atoms with Crippen LogP contribution in [-0.2, 0) is 15.6 Å². The average molecular weight is 441 g/mol. The number of pyridine rings is 1. The SMILES string of the molecule is Cc1cccc(C)c1S(=O)(=O)Cc1cccc(C(=O)N2C[C@]3(C)C[C@H]2CC(C)(C)C3)n1. The molecule has 1 saturated heterocycles. The molecule has 1 aliphatic heterocycles. The van der Waals surface area contributed by atoms with Crippen molar-refractivity contribution in [3.8, 4) is 0 Å². The molecule has 0 unspecified atom stereocenters. The van der Waals surface area contributed by atoms with Crippen LogP contribution in [0.15, 0.2) is 41.3 Å². The number of hydrogen-bond donors (Lipinski definition) is 0. The van der Waals surface area contributed by atoms with Gasteiger partial charge >= 0.3 is 0 Å². The number of benzene rings is 1. The predicted octanol–water partition coefficient (Wildman–Crippen LogP) is 4.71. The topological polar surface area (TPSA) is 67.3 Å². The highest BCUT2D eigenvalue weighted by Gasteiger charge is 2.51. The molecular weight excluding hydrogens is 408 g/mol. The molecule has 6 heteroatoms. The monoisotopic (exact) mass is 440 g/mol. The van der Waals surface area contributed by atoms with Crippen molar-refractivity contribution in [2.45, 2.75) is 70.6 Å². The summed E-state index contributed by atoms with van der Waals surface area (Å²) >= 11 is 0. The minimum Gasteiger partial charge on any atom is -0.334 e. The van der Waals surface area contributed by atoms with Gasteiger partial charge in [-0.1, -0.05) is 45.0 Å². The predicted molar refractivity (Wildman–Crippen MR) is 122 cm³/mol. The van der Waals surface area contributed by atoms with Crippen molar-refractivity contribution in [3.63, 3.8) is 0 Å². The van der Waals surface area contributed by atoms with Crippen LogP contribution in [0.2, 0.25) is 0 Å². The Morgan fingerprint density at radius 2 is 1.71 bits per heavy atom. The second-order valence-corrected chi connectivity index (χ2v) is 12.6. The second-order valence-electron chi connectivity index (χ2n) is 10.6. The summed E-state index contributed by atoms with van der Waals surface area (Å²) in [5.41, 5.74) is 2.57. The van der Waals surface area contributed by atoms with Gasteiger partial charge in [-0.3, -0.25) is 4.79 Å². The number of aromatic nitrogens is 1. The molecule has 1 aromatic heterocycles. The molecule has 2 bridgehead atoms. The quantitative estimate of drug-likeness (QED) is 0.690. The summed E-state index contributed by atoms with van der Waals surface area (Å²) < 4.78 is 26.2. The number of carbonyl (C=O) groups excluding carboxylic acids is 1. The van der Waals surface area contributed by atoms with E-state index in [1.807, 2.05) is 11.0 Å². The fourth-order valence-electron chi connectivity index (χ4n) is 6.08. The van der Waals surface area contributed by atoms with Crippen LogP contribution >= 0.6 is 0 Å². The lowest BCUT2D eigenvalue weighted by molar-refractivity contribution is 0.0702. The van der Waals surface area contributed by atoms with Gasteiger partial charge in [0.05, 0.1) is 16.3 Å². The number of sulfone groups is 1. The number of aryl methyl sites for hydroxylation is 2. The smallest absolute Gasteiger partial charge is 0.272 e. The van der Waals surface area contributed by atoms with Crippen molar-refractivity contribution in [2.24, 2.45) is 10.8 Å². The van der Waals surface area contributed by atoms with Crippen molar-refractivity contribution in [3.05, 3.63) is 58.9 Å². The van der Waals surface area contributed by atoms with Crippen LogP contribution in [0, 0.1) is 24.7 Å². The van der Waals surface area contributed by atoms with Crippen molar-refractivity contribution < 1.29 is 13.2 Å². The fraction of sp³-hybridized carbons (Fsp3) is 0.520. The van der Waals surface area contributed by atoms with Crippen LogP contribution in [0.4, 0.5) is 0 Å². The molecule has 2 fully saturated rings. The van der Waals surface area contributed by atoms with Gasteiger partial charge in [0.1, 0.15) is 5.69 Å². The molecule has 2 heterocycles. The normalized spacial score (nSPS) is 24.9. The van der Waals surface area contributed by atoms with E-state index in [9.17, 15) is 13.2 Å². The van der Waals surface area contributed by atoms with Gasteiger partial charge in [-0.15, -0.1) is 0 Å².